The molecule has 0 heterocycles. The van der Waals surface area contributed by atoms with Gasteiger partial charge < -0.3 is 14.6 Å². The van der Waals surface area contributed by atoms with Gasteiger partial charge in [0.1, 0.15) is 17.3 Å². The molecule has 0 saturated carbocycles. The van der Waals surface area contributed by atoms with E-state index in [1.165, 1.54) is 39.0 Å². The van der Waals surface area contributed by atoms with Crippen molar-refractivity contribution in [3.05, 3.63) is 59.7 Å². The number of aliphatic hydroxyl groups is 1. The van der Waals surface area contributed by atoms with Crippen molar-refractivity contribution in [2.24, 2.45) is 0 Å². The summed E-state index contributed by atoms with van der Waals surface area (Å²) < 4.78 is 10.1. The minimum absolute atomic E-state index is 0.0246. The van der Waals surface area contributed by atoms with Gasteiger partial charge in [-0.25, -0.2) is 0 Å². The van der Waals surface area contributed by atoms with Crippen molar-refractivity contribution in [1.29, 1.82) is 0 Å². The second-order valence-electron chi connectivity index (χ2n) is 5.49. The molecular formula is C20H18O6. The van der Waals surface area contributed by atoms with Gasteiger partial charge in [-0.2, -0.15) is 0 Å². The van der Waals surface area contributed by atoms with Crippen molar-refractivity contribution >= 4 is 29.1 Å². The van der Waals surface area contributed by atoms with E-state index in [0.717, 1.165) is 0 Å². The average molecular weight is 354 g/mol. The van der Waals surface area contributed by atoms with Crippen molar-refractivity contribution in [3.8, 4) is 11.5 Å². The van der Waals surface area contributed by atoms with Crippen LogP contribution in [0, 0.1) is 0 Å². The third-order valence-corrected chi connectivity index (χ3v) is 3.37. The molecule has 0 saturated heterocycles. The molecule has 0 unspecified atom stereocenters. The van der Waals surface area contributed by atoms with Gasteiger partial charge in [-0.05, 0) is 24.6 Å². The van der Waals surface area contributed by atoms with Crippen molar-refractivity contribution < 1.29 is 29.0 Å². The standard InChI is InChI=1S/C20H18O6/c1-12(21)19(15-7-5-4-6-8-15)20(24)17-10-9-16(25-13(2)22)11-18(17)26-14(3)23/h4-11,24H,1-3H3. The third kappa shape index (κ3) is 4.57. The van der Waals surface area contributed by atoms with Crippen molar-refractivity contribution in [3.63, 3.8) is 0 Å². The van der Waals surface area contributed by atoms with E-state index >= 15 is 0 Å². The smallest absolute Gasteiger partial charge is 0.308 e. The summed E-state index contributed by atoms with van der Waals surface area (Å²) in [5, 5.41) is 10.7. The normalized spacial score (nSPS) is 11.3. The van der Waals surface area contributed by atoms with Gasteiger partial charge in [0.05, 0.1) is 11.1 Å². The van der Waals surface area contributed by atoms with E-state index < -0.39 is 11.9 Å². The van der Waals surface area contributed by atoms with Crippen LogP contribution in [0.25, 0.3) is 11.3 Å². The Morgan fingerprint density at radius 2 is 1.46 bits per heavy atom. The molecule has 134 valence electrons. The number of ether oxygens (including phenoxy) is 2. The molecule has 0 atom stereocenters. The van der Waals surface area contributed by atoms with Crippen LogP contribution in [-0.2, 0) is 14.4 Å². The van der Waals surface area contributed by atoms with E-state index in [1.54, 1.807) is 30.3 Å². The number of aliphatic hydroxyl groups excluding tert-OH is 1. The molecule has 0 aliphatic carbocycles. The summed E-state index contributed by atoms with van der Waals surface area (Å²) in [5.41, 5.74) is 0.736. The van der Waals surface area contributed by atoms with Crippen LogP contribution >= 0.6 is 0 Å². The Morgan fingerprint density at radius 3 is 2.00 bits per heavy atom. The quantitative estimate of drug-likeness (QED) is 0.290. The lowest BCUT2D eigenvalue weighted by atomic mass is 9.97. The van der Waals surface area contributed by atoms with Crippen molar-refractivity contribution in [2.45, 2.75) is 20.8 Å². The van der Waals surface area contributed by atoms with Crippen LogP contribution in [0.2, 0.25) is 0 Å². The zero-order valence-electron chi connectivity index (χ0n) is 14.6. The maximum absolute atomic E-state index is 12.1. The molecule has 0 spiro atoms. The Hall–Kier alpha value is -3.41. The summed E-state index contributed by atoms with van der Waals surface area (Å²) in [5.74, 6) is -1.73. The van der Waals surface area contributed by atoms with E-state index in [-0.39, 0.29) is 34.2 Å². The fraction of sp³-hybridized carbons (Fsp3) is 0.150. The number of hydrogen-bond donors (Lipinski definition) is 1. The highest BCUT2D eigenvalue weighted by Crippen LogP contribution is 2.34. The average Bonchev–Trinajstić information content (AvgIpc) is 2.54. The van der Waals surface area contributed by atoms with Crippen LogP contribution in [0.3, 0.4) is 0 Å². The predicted octanol–water partition coefficient (Wildman–Crippen LogP) is 3.55. The number of benzene rings is 2. The molecule has 1 N–H and O–H groups in total. The largest absolute Gasteiger partial charge is 0.506 e. The first kappa shape index (κ1) is 18.9. The third-order valence-electron chi connectivity index (χ3n) is 3.37. The van der Waals surface area contributed by atoms with Crippen molar-refractivity contribution in [2.75, 3.05) is 0 Å². The summed E-state index contributed by atoms with van der Waals surface area (Å²) in [6.07, 6.45) is 0. The van der Waals surface area contributed by atoms with Crippen LogP contribution in [0.5, 0.6) is 11.5 Å². The second kappa shape index (κ2) is 8.11. The Bertz CT molecular complexity index is 880. The molecule has 26 heavy (non-hydrogen) atoms. The number of esters is 2. The first-order valence-corrected chi connectivity index (χ1v) is 7.80. The monoisotopic (exact) mass is 354 g/mol. The highest BCUT2D eigenvalue weighted by molar-refractivity contribution is 6.26. The summed E-state index contributed by atoms with van der Waals surface area (Å²) in [4.78, 5) is 34.6. The number of carbonyl (C=O) groups is 3. The van der Waals surface area contributed by atoms with Gasteiger partial charge in [0.25, 0.3) is 0 Å². The van der Waals surface area contributed by atoms with E-state index in [2.05, 4.69) is 0 Å². The first-order valence-electron chi connectivity index (χ1n) is 7.80. The molecule has 2 aromatic carbocycles. The van der Waals surface area contributed by atoms with Crippen molar-refractivity contribution in [1.82, 2.24) is 0 Å². The molecule has 0 fully saturated rings. The molecule has 0 aliphatic rings. The molecule has 0 aliphatic heterocycles. The number of ketones is 1. The molecular weight excluding hydrogens is 336 g/mol. The zero-order valence-corrected chi connectivity index (χ0v) is 14.6. The maximum Gasteiger partial charge on any atom is 0.308 e. The fourth-order valence-electron chi connectivity index (χ4n) is 2.41. The molecule has 0 amide bonds. The van der Waals surface area contributed by atoms with Gasteiger partial charge in [0.2, 0.25) is 0 Å². The topological polar surface area (TPSA) is 89.9 Å². The second-order valence-corrected chi connectivity index (χ2v) is 5.49. The van der Waals surface area contributed by atoms with E-state index in [1.807, 2.05) is 0 Å². The molecule has 0 radical (unpaired) electrons. The Balaban J connectivity index is 2.64. The van der Waals surface area contributed by atoms with Gasteiger partial charge in [0, 0.05) is 19.9 Å². The highest BCUT2D eigenvalue weighted by Gasteiger charge is 2.20. The van der Waals surface area contributed by atoms with Gasteiger partial charge >= 0.3 is 11.9 Å². The molecule has 6 nitrogen and oxygen atoms in total. The Labute approximate surface area is 150 Å². The summed E-state index contributed by atoms with van der Waals surface area (Å²) in [7, 11) is 0. The molecule has 2 aromatic rings. The molecule has 2 rings (SSSR count). The summed E-state index contributed by atoms with van der Waals surface area (Å²) >= 11 is 0. The number of hydrogen-bond acceptors (Lipinski definition) is 6. The van der Waals surface area contributed by atoms with E-state index in [0.29, 0.717) is 5.56 Å². The van der Waals surface area contributed by atoms with E-state index in [4.69, 9.17) is 9.47 Å². The lowest BCUT2D eigenvalue weighted by molar-refractivity contribution is -0.132. The lowest BCUT2D eigenvalue weighted by Gasteiger charge is -2.13. The SMILES string of the molecule is CC(=O)Oc1ccc(C(O)=C(C(C)=O)c2ccccc2)c(OC(C)=O)c1. The van der Waals surface area contributed by atoms with E-state index in [9.17, 15) is 19.5 Å². The van der Waals surface area contributed by atoms with Crippen LogP contribution in [-0.4, -0.2) is 22.8 Å². The Morgan fingerprint density at radius 1 is 0.846 bits per heavy atom. The fourth-order valence-corrected chi connectivity index (χ4v) is 2.41. The molecule has 0 aromatic heterocycles. The summed E-state index contributed by atoms with van der Waals surface area (Å²) in [6.45, 7) is 3.77. The molecule has 6 heteroatoms. The van der Waals surface area contributed by atoms with Crippen LogP contribution in [0.1, 0.15) is 31.9 Å². The number of carbonyl (C=O) groups excluding carboxylic acids is 3. The van der Waals surface area contributed by atoms with Gasteiger partial charge in [-0.1, -0.05) is 30.3 Å². The van der Waals surface area contributed by atoms with Gasteiger partial charge in [0.15, 0.2) is 5.78 Å². The van der Waals surface area contributed by atoms with Crippen LogP contribution in [0.15, 0.2) is 48.5 Å². The maximum atomic E-state index is 12.1. The highest BCUT2D eigenvalue weighted by atomic mass is 16.5. The Kier molecular flexibility index (Phi) is 5.90. The minimum atomic E-state index is -0.622. The molecule has 0 bridgehead atoms. The van der Waals surface area contributed by atoms with Crippen LogP contribution in [0.4, 0.5) is 0 Å². The number of rotatable bonds is 5. The summed E-state index contributed by atoms with van der Waals surface area (Å²) in [6, 6.07) is 12.8. The van der Waals surface area contributed by atoms with Gasteiger partial charge in [-0.3, -0.25) is 14.4 Å². The minimum Gasteiger partial charge on any atom is -0.506 e. The lowest BCUT2D eigenvalue weighted by Crippen LogP contribution is -2.07. The first-order chi connectivity index (χ1) is 12.3. The zero-order chi connectivity index (χ0) is 19.3. The number of allylic oxidation sites excluding steroid dienone is 1. The van der Waals surface area contributed by atoms with Gasteiger partial charge in [-0.15, -0.1) is 0 Å². The number of Topliss-reactive ketones (excluding diaryl/α,β-unsaturated/α-hetero) is 1. The predicted molar refractivity (Wildman–Crippen MR) is 95.6 cm³/mol. The van der Waals surface area contributed by atoms with Crippen LogP contribution < -0.4 is 9.47 Å².